The van der Waals surface area contributed by atoms with Crippen LogP contribution < -0.4 is 4.74 Å². The van der Waals surface area contributed by atoms with Crippen LogP contribution in [-0.4, -0.2) is 35.5 Å². The maximum atomic E-state index is 5.49. The lowest BCUT2D eigenvalue weighted by atomic mass is 10.1. The minimum Gasteiger partial charge on any atom is -0.496 e. The Kier molecular flexibility index (Phi) is 3.62. The molecule has 0 aliphatic rings. The molecular weight excluding hydrogens is 262 g/mol. The Morgan fingerprint density at radius 3 is 2.62 bits per heavy atom. The van der Waals surface area contributed by atoms with E-state index in [4.69, 9.17) is 9.72 Å². The molecule has 0 N–H and O–H groups in total. The maximum absolute atomic E-state index is 5.49. The Morgan fingerprint density at radius 2 is 1.86 bits per heavy atom. The molecule has 0 spiro atoms. The predicted octanol–water partition coefficient (Wildman–Crippen LogP) is 3.07. The minimum atomic E-state index is 0.818. The lowest BCUT2D eigenvalue weighted by Crippen LogP contribution is -2.13. The Morgan fingerprint density at radius 1 is 1.10 bits per heavy atom. The number of hydrogen-bond donors (Lipinski definition) is 0. The highest BCUT2D eigenvalue weighted by Gasteiger charge is 2.17. The SMILES string of the molecule is COc1ccccc1-c1nc2ccccn2c1CN(C)C. The van der Waals surface area contributed by atoms with Crippen molar-refractivity contribution in [2.24, 2.45) is 0 Å². The molecule has 0 fully saturated rings. The molecule has 2 aromatic heterocycles. The van der Waals surface area contributed by atoms with Gasteiger partial charge in [0.25, 0.3) is 0 Å². The van der Waals surface area contributed by atoms with Crippen molar-refractivity contribution in [2.75, 3.05) is 21.2 Å². The molecule has 0 aliphatic carbocycles. The van der Waals surface area contributed by atoms with E-state index in [1.165, 1.54) is 5.69 Å². The van der Waals surface area contributed by atoms with Crippen molar-refractivity contribution in [3.05, 3.63) is 54.4 Å². The molecule has 21 heavy (non-hydrogen) atoms. The second-order valence-corrected chi connectivity index (χ2v) is 5.27. The molecule has 4 heteroatoms. The molecule has 3 aromatic rings. The van der Waals surface area contributed by atoms with Crippen LogP contribution in [0.3, 0.4) is 0 Å². The minimum absolute atomic E-state index is 0.818. The first-order valence-electron chi connectivity index (χ1n) is 6.95. The molecule has 2 heterocycles. The van der Waals surface area contributed by atoms with Crippen molar-refractivity contribution >= 4 is 5.65 Å². The molecular formula is C17H19N3O. The van der Waals surface area contributed by atoms with Gasteiger partial charge >= 0.3 is 0 Å². The van der Waals surface area contributed by atoms with Crippen LogP contribution in [0.4, 0.5) is 0 Å². The highest BCUT2D eigenvalue weighted by molar-refractivity contribution is 5.72. The van der Waals surface area contributed by atoms with E-state index in [2.05, 4.69) is 35.7 Å². The van der Waals surface area contributed by atoms with Crippen LogP contribution >= 0.6 is 0 Å². The lowest BCUT2D eigenvalue weighted by Gasteiger charge is -2.12. The Labute approximate surface area is 124 Å². The van der Waals surface area contributed by atoms with E-state index < -0.39 is 0 Å². The summed E-state index contributed by atoms with van der Waals surface area (Å²) < 4.78 is 7.63. The lowest BCUT2D eigenvalue weighted by molar-refractivity contribution is 0.395. The van der Waals surface area contributed by atoms with Crippen molar-refractivity contribution in [3.63, 3.8) is 0 Å². The number of hydrogen-bond acceptors (Lipinski definition) is 3. The second-order valence-electron chi connectivity index (χ2n) is 5.27. The normalized spacial score (nSPS) is 11.2. The standard InChI is InChI=1S/C17H19N3O/c1-19(2)12-14-17(13-8-4-5-9-15(13)21-3)18-16-10-6-7-11-20(14)16/h4-11H,12H2,1-3H3. The van der Waals surface area contributed by atoms with E-state index in [0.29, 0.717) is 0 Å². The van der Waals surface area contributed by atoms with Gasteiger partial charge in [-0.3, -0.25) is 0 Å². The Balaban J connectivity index is 2.26. The van der Waals surface area contributed by atoms with Crippen molar-refractivity contribution < 1.29 is 4.74 Å². The predicted molar refractivity (Wildman–Crippen MR) is 84.6 cm³/mol. The topological polar surface area (TPSA) is 29.8 Å². The molecule has 1 aromatic carbocycles. The molecule has 4 nitrogen and oxygen atoms in total. The quantitative estimate of drug-likeness (QED) is 0.736. The number of aromatic nitrogens is 2. The fourth-order valence-corrected chi connectivity index (χ4v) is 2.55. The van der Waals surface area contributed by atoms with Gasteiger partial charge in [-0.15, -0.1) is 0 Å². The Bertz CT molecular complexity index is 762. The van der Waals surface area contributed by atoms with Gasteiger partial charge < -0.3 is 14.0 Å². The zero-order valence-corrected chi connectivity index (χ0v) is 12.6. The van der Waals surface area contributed by atoms with E-state index in [-0.39, 0.29) is 0 Å². The van der Waals surface area contributed by atoms with Gasteiger partial charge in [-0.2, -0.15) is 0 Å². The van der Waals surface area contributed by atoms with E-state index in [1.807, 2.05) is 36.4 Å². The number of pyridine rings is 1. The van der Waals surface area contributed by atoms with Gasteiger partial charge in [-0.25, -0.2) is 4.98 Å². The number of para-hydroxylation sites is 1. The van der Waals surface area contributed by atoms with Gasteiger partial charge in [0.1, 0.15) is 11.4 Å². The highest BCUT2D eigenvalue weighted by atomic mass is 16.5. The third-order valence-electron chi connectivity index (χ3n) is 3.46. The summed E-state index contributed by atoms with van der Waals surface area (Å²) in [7, 11) is 5.82. The third-order valence-corrected chi connectivity index (χ3v) is 3.46. The summed E-state index contributed by atoms with van der Waals surface area (Å²) in [6.45, 7) is 0.818. The van der Waals surface area contributed by atoms with Gasteiger partial charge in [0.05, 0.1) is 18.5 Å². The molecule has 0 radical (unpaired) electrons. The first kappa shape index (κ1) is 13.6. The molecule has 0 amide bonds. The van der Waals surface area contributed by atoms with Crippen molar-refractivity contribution in [1.29, 1.82) is 0 Å². The average Bonchev–Trinajstić information content (AvgIpc) is 2.85. The largest absolute Gasteiger partial charge is 0.496 e. The number of nitrogens with zero attached hydrogens (tertiary/aromatic N) is 3. The summed E-state index contributed by atoms with van der Waals surface area (Å²) in [6, 6.07) is 14.1. The van der Waals surface area contributed by atoms with Crippen LogP contribution in [-0.2, 0) is 6.54 Å². The Hall–Kier alpha value is -2.33. The van der Waals surface area contributed by atoms with Gasteiger partial charge in [0, 0.05) is 18.3 Å². The zero-order chi connectivity index (χ0) is 14.8. The van der Waals surface area contributed by atoms with Gasteiger partial charge in [0.15, 0.2) is 0 Å². The number of methoxy groups -OCH3 is 1. The van der Waals surface area contributed by atoms with Gasteiger partial charge in [0.2, 0.25) is 0 Å². The van der Waals surface area contributed by atoms with Crippen LogP contribution in [0.25, 0.3) is 16.9 Å². The van der Waals surface area contributed by atoms with Crippen LogP contribution in [0.1, 0.15) is 5.69 Å². The monoisotopic (exact) mass is 281 g/mol. The maximum Gasteiger partial charge on any atom is 0.137 e. The first-order valence-corrected chi connectivity index (χ1v) is 6.95. The summed E-state index contributed by atoms with van der Waals surface area (Å²) in [5, 5.41) is 0. The molecule has 0 unspecified atom stereocenters. The average molecular weight is 281 g/mol. The van der Waals surface area contributed by atoms with Crippen LogP contribution in [0.5, 0.6) is 5.75 Å². The number of benzene rings is 1. The van der Waals surface area contributed by atoms with Crippen LogP contribution in [0, 0.1) is 0 Å². The molecule has 0 saturated heterocycles. The van der Waals surface area contributed by atoms with E-state index >= 15 is 0 Å². The van der Waals surface area contributed by atoms with Gasteiger partial charge in [-0.1, -0.05) is 18.2 Å². The number of imidazole rings is 1. The van der Waals surface area contributed by atoms with E-state index in [1.54, 1.807) is 7.11 Å². The molecule has 108 valence electrons. The van der Waals surface area contributed by atoms with Crippen molar-refractivity contribution in [2.45, 2.75) is 6.54 Å². The third kappa shape index (κ3) is 2.50. The van der Waals surface area contributed by atoms with E-state index in [9.17, 15) is 0 Å². The molecule has 3 rings (SSSR count). The highest BCUT2D eigenvalue weighted by Crippen LogP contribution is 2.32. The molecule has 0 atom stereocenters. The van der Waals surface area contributed by atoms with Crippen LogP contribution in [0.15, 0.2) is 48.7 Å². The summed E-state index contributed by atoms with van der Waals surface area (Å²) in [5.74, 6) is 0.848. The molecule has 0 aliphatic heterocycles. The number of fused-ring (bicyclic) bond motifs is 1. The summed E-state index contributed by atoms with van der Waals surface area (Å²) >= 11 is 0. The fraction of sp³-hybridized carbons (Fsp3) is 0.235. The summed E-state index contributed by atoms with van der Waals surface area (Å²) in [5.41, 5.74) is 4.13. The molecule has 0 bridgehead atoms. The zero-order valence-electron chi connectivity index (χ0n) is 12.6. The summed E-state index contributed by atoms with van der Waals surface area (Å²) in [6.07, 6.45) is 2.06. The van der Waals surface area contributed by atoms with Crippen molar-refractivity contribution in [1.82, 2.24) is 14.3 Å². The summed E-state index contributed by atoms with van der Waals surface area (Å²) in [4.78, 5) is 6.95. The van der Waals surface area contributed by atoms with Crippen molar-refractivity contribution in [3.8, 4) is 17.0 Å². The molecule has 0 saturated carbocycles. The van der Waals surface area contributed by atoms with Crippen LogP contribution in [0.2, 0.25) is 0 Å². The first-order chi connectivity index (χ1) is 10.2. The van der Waals surface area contributed by atoms with E-state index in [0.717, 1.165) is 29.2 Å². The number of rotatable bonds is 4. The number of ether oxygens (including phenoxy) is 1. The smallest absolute Gasteiger partial charge is 0.137 e. The fourth-order valence-electron chi connectivity index (χ4n) is 2.55. The van der Waals surface area contributed by atoms with Gasteiger partial charge in [-0.05, 0) is 38.4 Å². The second kappa shape index (κ2) is 5.58.